The quantitative estimate of drug-likeness (QED) is 0.777. The fourth-order valence-corrected chi connectivity index (χ4v) is 1.46. The zero-order valence-corrected chi connectivity index (χ0v) is 8.67. The van der Waals surface area contributed by atoms with E-state index in [1.807, 2.05) is 0 Å². The molecule has 1 N–H and O–H groups in total. The fraction of sp³-hybridized carbons (Fsp3) is 0.0769. The Morgan fingerprint density at radius 2 is 1.50 bits per heavy atom. The van der Waals surface area contributed by atoms with Crippen molar-refractivity contribution in [2.45, 2.75) is 6.92 Å². The Morgan fingerprint density at radius 3 is 2.12 bits per heavy atom. The van der Waals surface area contributed by atoms with Gasteiger partial charge in [0.1, 0.15) is 5.75 Å². The Morgan fingerprint density at radius 1 is 0.875 bits per heavy atom. The van der Waals surface area contributed by atoms with Crippen LogP contribution in [-0.2, 0) is 0 Å². The van der Waals surface area contributed by atoms with Gasteiger partial charge in [0.15, 0.2) is 11.6 Å². The first-order chi connectivity index (χ1) is 7.58. The number of aryl methyl sites for hydroxylation is 1. The van der Waals surface area contributed by atoms with Gasteiger partial charge in [-0.15, -0.1) is 0 Å². The van der Waals surface area contributed by atoms with Crippen molar-refractivity contribution in [3.05, 3.63) is 53.6 Å². The molecule has 0 radical (unpaired) electrons. The van der Waals surface area contributed by atoms with Gasteiger partial charge in [-0.3, -0.25) is 0 Å². The lowest BCUT2D eigenvalue weighted by Crippen LogP contribution is -1.85. The van der Waals surface area contributed by atoms with E-state index in [2.05, 4.69) is 0 Å². The van der Waals surface area contributed by atoms with Gasteiger partial charge in [-0.05, 0) is 41.8 Å². The molecule has 2 aromatic rings. The number of benzene rings is 2. The molecule has 0 spiro atoms. The molecule has 0 bridgehead atoms. The smallest absolute Gasteiger partial charge is 0.159 e. The maximum atomic E-state index is 13.0. The van der Waals surface area contributed by atoms with Gasteiger partial charge in [0.05, 0.1) is 0 Å². The molecule has 2 aromatic carbocycles. The van der Waals surface area contributed by atoms with Crippen LogP contribution in [0.2, 0.25) is 0 Å². The molecule has 2 rings (SSSR count). The predicted molar refractivity (Wildman–Crippen MR) is 58.2 cm³/mol. The van der Waals surface area contributed by atoms with E-state index < -0.39 is 11.6 Å². The maximum absolute atomic E-state index is 13.0. The average molecular weight is 220 g/mol. The highest BCUT2D eigenvalue weighted by atomic mass is 19.2. The molecule has 0 aliphatic carbocycles. The summed E-state index contributed by atoms with van der Waals surface area (Å²) in [5, 5.41) is 9.52. The van der Waals surface area contributed by atoms with Gasteiger partial charge < -0.3 is 5.11 Å². The Kier molecular flexibility index (Phi) is 2.60. The second kappa shape index (κ2) is 3.93. The van der Waals surface area contributed by atoms with Gasteiger partial charge in [-0.25, -0.2) is 8.78 Å². The minimum Gasteiger partial charge on any atom is -0.508 e. The standard InChI is InChI=1S/C13H10F2O/c1-8-2-3-10(7-13(8)16)9-4-5-11(14)12(15)6-9/h2-7,16H,1H3. The lowest BCUT2D eigenvalue weighted by Gasteiger charge is -2.05. The molecular weight excluding hydrogens is 210 g/mol. The Labute approximate surface area is 92.0 Å². The minimum absolute atomic E-state index is 0.141. The summed E-state index contributed by atoms with van der Waals surface area (Å²) in [7, 11) is 0. The van der Waals surface area contributed by atoms with E-state index in [0.29, 0.717) is 11.1 Å². The number of aromatic hydroxyl groups is 1. The maximum Gasteiger partial charge on any atom is 0.159 e. The van der Waals surface area contributed by atoms with Crippen LogP contribution in [0, 0.1) is 18.6 Å². The van der Waals surface area contributed by atoms with Crippen molar-refractivity contribution in [3.63, 3.8) is 0 Å². The van der Waals surface area contributed by atoms with Gasteiger partial charge in [-0.2, -0.15) is 0 Å². The first-order valence-corrected chi connectivity index (χ1v) is 4.83. The largest absolute Gasteiger partial charge is 0.508 e. The fourth-order valence-electron chi connectivity index (χ4n) is 1.46. The van der Waals surface area contributed by atoms with Gasteiger partial charge >= 0.3 is 0 Å². The molecule has 0 fully saturated rings. The highest BCUT2D eigenvalue weighted by Gasteiger charge is 2.05. The molecule has 16 heavy (non-hydrogen) atoms. The number of halogens is 2. The number of rotatable bonds is 1. The summed E-state index contributed by atoms with van der Waals surface area (Å²) < 4.78 is 25.7. The van der Waals surface area contributed by atoms with E-state index >= 15 is 0 Å². The second-order valence-electron chi connectivity index (χ2n) is 3.63. The molecule has 0 aliphatic rings. The van der Waals surface area contributed by atoms with E-state index in [0.717, 1.165) is 17.7 Å². The van der Waals surface area contributed by atoms with Gasteiger partial charge in [0.25, 0.3) is 0 Å². The third-order valence-electron chi connectivity index (χ3n) is 2.46. The molecule has 0 saturated heterocycles. The zero-order chi connectivity index (χ0) is 11.7. The molecule has 0 atom stereocenters. The molecule has 0 heterocycles. The van der Waals surface area contributed by atoms with Crippen molar-refractivity contribution in [1.82, 2.24) is 0 Å². The molecule has 1 nitrogen and oxygen atoms in total. The highest BCUT2D eigenvalue weighted by Crippen LogP contribution is 2.26. The van der Waals surface area contributed by atoms with E-state index in [4.69, 9.17) is 0 Å². The van der Waals surface area contributed by atoms with Gasteiger partial charge in [0.2, 0.25) is 0 Å². The number of hydrogen-bond acceptors (Lipinski definition) is 1. The van der Waals surface area contributed by atoms with E-state index in [-0.39, 0.29) is 5.75 Å². The predicted octanol–water partition coefficient (Wildman–Crippen LogP) is 3.65. The first kappa shape index (κ1) is 10.6. The molecule has 0 aromatic heterocycles. The van der Waals surface area contributed by atoms with Crippen molar-refractivity contribution in [2.75, 3.05) is 0 Å². The number of phenolic OH excluding ortho intramolecular Hbond substituents is 1. The Bertz CT molecular complexity index is 486. The lowest BCUT2D eigenvalue weighted by atomic mass is 10.0. The van der Waals surface area contributed by atoms with Crippen molar-refractivity contribution >= 4 is 0 Å². The summed E-state index contributed by atoms with van der Waals surface area (Å²) in [6, 6.07) is 8.67. The Balaban J connectivity index is 2.50. The van der Waals surface area contributed by atoms with Crippen LogP contribution in [0.25, 0.3) is 11.1 Å². The summed E-state index contributed by atoms with van der Waals surface area (Å²) in [5.74, 6) is -1.63. The minimum atomic E-state index is -0.891. The van der Waals surface area contributed by atoms with Crippen LogP contribution < -0.4 is 0 Å². The molecular formula is C13H10F2O. The normalized spacial score (nSPS) is 10.4. The van der Waals surface area contributed by atoms with E-state index in [1.54, 1.807) is 19.1 Å². The monoisotopic (exact) mass is 220 g/mol. The average Bonchev–Trinajstić information content (AvgIpc) is 2.26. The highest BCUT2D eigenvalue weighted by molar-refractivity contribution is 5.65. The summed E-state index contributed by atoms with van der Waals surface area (Å²) in [4.78, 5) is 0. The number of hydrogen-bond donors (Lipinski definition) is 1. The summed E-state index contributed by atoms with van der Waals surface area (Å²) in [5.41, 5.74) is 1.93. The van der Waals surface area contributed by atoms with Crippen molar-refractivity contribution in [1.29, 1.82) is 0 Å². The molecule has 3 heteroatoms. The van der Waals surface area contributed by atoms with Crippen molar-refractivity contribution in [3.8, 4) is 16.9 Å². The molecule has 0 amide bonds. The van der Waals surface area contributed by atoms with Crippen LogP contribution >= 0.6 is 0 Å². The van der Waals surface area contributed by atoms with Gasteiger partial charge in [-0.1, -0.05) is 18.2 Å². The van der Waals surface area contributed by atoms with E-state index in [9.17, 15) is 13.9 Å². The van der Waals surface area contributed by atoms with Crippen LogP contribution in [0.4, 0.5) is 8.78 Å². The first-order valence-electron chi connectivity index (χ1n) is 4.83. The summed E-state index contributed by atoms with van der Waals surface area (Å²) in [6.45, 7) is 1.77. The molecule has 0 unspecified atom stereocenters. The zero-order valence-electron chi connectivity index (χ0n) is 8.67. The molecule has 82 valence electrons. The third kappa shape index (κ3) is 1.89. The molecule has 0 aliphatic heterocycles. The number of phenols is 1. The molecule has 0 saturated carbocycles. The van der Waals surface area contributed by atoms with E-state index in [1.165, 1.54) is 12.1 Å². The summed E-state index contributed by atoms with van der Waals surface area (Å²) in [6.07, 6.45) is 0. The van der Waals surface area contributed by atoms with Crippen LogP contribution in [0.1, 0.15) is 5.56 Å². The second-order valence-corrected chi connectivity index (χ2v) is 3.63. The van der Waals surface area contributed by atoms with Crippen LogP contribution in [0.5, 0.6) is 5.75 Å². The van der Waals surface area contributed by atoms with Crippen molar-refractivity contribution < 1.29 is 13.9 Å². The van der Waals surface area contributed by atoms with Crippen LogP contribution in [0.15, 0.2) is 36.4 Å². The summed E-state index contributed by atoms with van der Waals surface area (Å²) >= 11 is 0. The van der Waals surface area contributed by atoms with Crippen LogP contribution in [-0.4, -0.2) is 5.11 Å². The Hall–Kier alpha value is -1.90. The third-order valence-corrected chi connectivity index (χ3v) is 2.46. The topological polar surface area (TPSA) is 20.2 Å². The van der Waals surface area contributed by atoms with Crippen molar-refractivity contribution in [2.24, 2.45) is 0 Å². The van der Waals surface area contributed by atoms with Crippen LogP contribution in [0.3, 0.4) is 0 Å². The SMILES string of the molecule is Cc1ccc(-c2ccc(F)c(F)c2)cc1O. The lowest BCUT2D eigenvalue weighted by molar-refractivity contribution is 0.471. The van der Waals surface area contributed by atoms with Gasteiger partial charge in [0, 0.05) is 0 Å².